The van der Waals surface area contributed by atoms with Gasteiger partial charge in [0.25, 0.3) is 0 Å². The Kier molecular flexibility index (Phi) is 7.82. The minimum atomic E-state index is -0.996. The molecule has 31 heavy (non-hydrogen) atoms. The summed E-state index contributed by atoms with van der Waals surface area (Å²) in [5, 5.41) is 23.0. The van der Waals surface area contributed by atoms with Crippen LogP contribution in [0.5, 0.6) is 5.75 Å². The van der Waals surface area contributed by atoms with Crippen LogP contribution >= 0.6 is 0 Å². The fraction of sp³-hybridized carbons (Fsp3) is 0.269. The number of ether oxygens (including phenoxy) is 1. The van der Waals surface area contributed by atoms with Crippen LogP contribution in [0.25, 0.3) is 11.1 Å². The summed E-state index contributed by atoms with van der Waals surface area (Å²) in [5.74, 6) is -0.615. The molecule has 5 heteroatoms. The fourth-order valence-corrected chi connectivity index (χ4v) is 3.52. The van der Waals surface area contributed by atoms with E-state index in [1.807, 2.05) is 49.4 Å². The van der Waals surface area contributed by atoms with Crippen molar-refractivity contribution in [2.45, 2.75) is 32.4 Å². The van der Waals surface area contributed by atoms with Gasteiger partial charge in [-0.2, -0.15) is 0 Å². The second kappa shape index (κ2) is 10.8. The van der Waals surface area contributed by atoms with Crippen molar-refractivity contribution in [3.63, 3.8) is 0 Å². The number of hydrogen-bond acceptors (Lipinski definition) is 4. The number of aliphatic hydroxyl groups excluding tert-OH is 1. The van der Waals surface area contributed by atoms with E-state index < -0.39 is 12.1 Å². The largest absolute Gasteiger partial charge is 0.493 e. The number of benzene rings is 3. The molecule has 2 atom stereocenters. The molecule has 0 unspecified atom stereocenters. The maximum atomic E-state index is 11.4. The van der Waals surface area contributed by atoms with Gasteiger partial charge in [0, 0.05) is 12.6 Å². The fourth-order valence-electron chi connectivity index (χ4n) is 3.52. The summed E-state index contributed by atoms with van der Waals surface area (Å²) in [6, 6.07) is 23.2. The van der Waals surface area contributed by atoms with Crippen LogP contribution in [0.2, 0.25) is 0 Å². The monoisotopic (exact) mass is 419 g/mol. The first kappa shape index (κ1) is 22.5. The minimum Gasteiger partial charge on any atom is -0.493 e. The molecule has 0 saturated heterocycles. The number of nitrogens with one attached hydrogen (secondary N) is 1. The topological polar surface area (TPSA) is 78.8 Å². The van der Waals surface area contributed by atoms with Crippen LogP contribution < -0.4 is 10.1 Å². The van der Waals surface area contributed by atoms with Crippen LogP contribution in [-0.4, -0.2) is 35.4 Å². The van der Waals surface area contributed by atoms with Gasteiger partial charge >= 0.3 is 5.97 Å². The summed E-state index contributed by atoms with van der Waals surface area (Å²) in [6.07, 6.45) is 0.309. The Balaban J connectivity index is 1.61. The molecule has 0 amide bonds. The van der Waals surface area contributed by atoms with Crippen molar-refractivity contribution in [2.75, 3.05) is 13.2 Å². The lowest BCUT2D eigenvalue weighted by molar-refractivity contribution is 0.0692. The molecular weight excluding hydrogens is 390 g/mol. The Morgan fingerprint density at radius 3 is 2.32 bits per heavy atom. The average molecular weight is 420 g/mol. The van der Waals surface area contributed by atoms with Crippen LogP contribution in [0.3, 0.4) is 0 Å². The number of hydrogen-bond donors (Lipinski definition) is 3. The van der Waals surface area contributed by atoms with Crippen molar-refractivity contribution < 1.29 is 19.7 Å². The zero-order valence-electron chi connectivity index (χ0n) is 17.9. The average Bonchev–Trinajstić information content (AvgIpc) is 2.78. The Bertz CT molecular complexity index is 986. The normalized spacial score (nSPS) is 12.9. The molecule has 0 aliphatic heterocycles. The van der Waals surface area contributed by atoms with Gasteiger partial charge in [0.1, 0.15) is 11.3 Å². The predicted molar refractivity (Wildman–Crippen MR) is 123 cm³/mol. The van der Waals surface area contributed by atoms with Gasteiger partial charge in [-0.25, -0.2) is 4.79 Å². The van der Waals surface area contributed by atoms with E-state index in [1.54, 1.807) is 18.2 Å². The first-order valence-corrected chi connectivity index (χ1v) is 10.5. The minimum absolute atomic E-state index is 0.166. The molecule has 0 aliphatic rings. The Hall–Kier alpha value is -3.15. The molecule has 0 heterocycles. The van der Waals surface area contributed by atoms with Crippen LogP contribution in [-0.2, 0) is 6.42 Å². The lowest BCUT2D eigenvalue weighted by atomic mass is 9.99. The molecule has 162 valence electrons. The molecule has 5 nitrogen and oxygen atoms in total. The van der Waals surface area contributed by atoms with Gasteiger partial charge in [-0.15, -0.1) is 0 Å². The predicted octanol–water partition coefficient (Wildman–Crippen LogP) is 4.70. The van der Waals surface area contributed by atoms with Gasteiger partial charge < -0.3 is 20.3 Å². The highest BCUT2D eigenvalue weighted by Gasteiger charge is 2.13. The van der Waals surface area contributed by atoms with Gasteiger partial charge in [0.2, 0.25) is 0 Å². The molecule has 0 aromatic heterocycles. The van der Waals surface area contributed by atoms with Gasteiger partial charge in [-0.3, -0.25) is 0 Å². The highest BCUT2D eigenvalue weighted by atomic mass is 16.5. The highest BCUT2D eigenvalue weighted by molar-refractivity contribution is 5.92. The molecule has 3 aromatic carbocycles. The van der Waals surface area contributed by atoms with Gasteiger partial charge in [-0.05, 0) is 54.7 Å². The van der Waals surface area contributed by atoms with Gasteiger partial charge in [-0.1, -0.05) is 60.7 Å². The number of carbonyl (C=O) groups is 1. The number of carboxylic acid groups (broad SMARTS) is 1. The van der Waals surface area contributed by atoms with E-state index in [0.717, 1.165) is 23.1 Å². The smallest absolute Gasteiger partial charge is 0.339 e. The van der Waals surface area contributed by atoms with Crippen molar-refractivity contribution >= 4 is 5.97 Å². The third-order valence-corrected chi connectivity index (χ3v) is 5.19. The van der Waals surface area contributed by atoms with E-state index in [1.165, 1.54) is 5.56 Å². The summed E-state index contributed by atoms with van der Waals surface area (Å²) >= 11 is 0. The van der Waals surface area contributed by atoms with Crippen molar-refractivity contribution in [3.8, 4) is 16.9 Å². The summed E-state index contributed by atoms with van der Waals surface area (Å²) in [6.45, 7) is 4.84. The van der Waals surface area contributed by atoms with E-state index in [9.17, 15) is 15.0 Å². The lowest BCUT2D eigenvalue weighted by Gasteiger charge is -2.18. The third kappa shape index (κ3) is 6.17. The number of aliphatic hydroxyl groups is 1. The zero-order valence-corrected chi connectivity index (χ0v) is 17.9. The van der Waals surface area contributed by atoms with E-state index >= 15 is 0 Å². The van der Waals surface area contributed by atoms with Crippen LogP contribution in [0.1, 0.15) is 41.4 Å². The molecule has 0 saturated carbocycles. The standard InChI is InChI=1S/C26H29NO4/c1-3-31-25-16-22(13-14-23(25)26(29)30)20-11-9-19(10-12-20)15-18(2)27-17-24(28)21-7-5-4-6-8-21/h4-14,16,18,24,27-28H,3,15,17H2,1-2H3,(H,29,30)/t18-,24+/m1/s1. The number of aromatic carboxylic acids is 1. The second-order valence-corrected chi connectivity index (χ2v) is 7.59. The highest BCUT2D eigenvalue weighted by Crippen LogP contribution is 2.28. The van der Waals surface area contributed by atoms with E-state index in [-0.39, 0.29) is 11.6 Å². The molecule has 0 aliphatic carbocycles. The summed E-state index contributed by atoms with van der Waals surface area (Å²) in [7, 11) is 0. The van der Waals surface area contributed by atoms with Gasteiger partial charge in [0.05, 0.1) is 12.7 Å². The van der Waals surface area contributed by atoms with Crippen LogP contribution in [0.15, 0.2) is 72.8 Å². The van der Waals surface area contributed by atoms with Crippen molar-refractivity contribution in [1.82, 2.24) is 5.32 Å². The van der Waals surface area contributed by atoms with Crippen LogP contribution in [0.4, 0.5) is 0 Å². The maximum absolute atomic E-state index is 11.4. The molecular formula is C26H29NO4. The molecule has 0 fully saturated rings. The number of rotatable bonds is 10. The summed E-state index contributed by atoms with van der Waals surface area (Å²) in [5.41, 5.74) is 4.18. The Labute approximate surface area is 183 Å². The summed E-state index contributed by atoms with van der Waals surface area (Å²) < 4.78 is 5.51. The van der Waals surface area contributed by atoms with Crippen molar-refractivity contribution in [2.24, 2.45) is 0 Å². The lowest BCUT2D eigenvalue weighted by Crippen LogP contribution is -2.32. The third-order valence-electron chi connectivity index (χ3n) is 5.19. The molecule has 3 aromatic rings. The van der Waals surface area contributed by atoms with Gasteiger partial charge in [0.15, 0.2) is 0 Å². The molecule has 0 spiro atoms. The molecule has 3 N–H and O–H groups in total. The van der Waals surface area contributed by atoms with Crippen molar-refractivity contribution in [3.05, 3.63) is 89.5 Å². The molecule has 0 radical (unpaired) electrons. The molecule has 0 bridgehead atoms. The first-order chi connectivity index (χ1) is 15.0. The second-order valence-electron chi connectivity index (χ2n) is 7.59. The Morgan fingerprint density at radius 1 is 1.00 bits per heavy atom. The van der Waals surface area contributed by atoms with Crippen molar-refractivity contribution in [1.29, 1.82) is 0 Å². The zero-order chi connectivity index (χ0) is 22.2. The number of carboxylic acids is 1. The quantitative estimate of drug-likeness (QED) is 0.444. The SMILES string of the molecule is CCOc1cc(-c2ccc(C[C@@H](C)NC[C@H](O)c3ccccc3)cc2)ccc1C(=O)O. The maximum Gasteiger partial charge on any atom is 0.339 e. The Morgan fingerprint density at radius 2 is 1.68 bits per heavy atom. The van der Waals surface area contributed by atoms with Crippen LogP contribution in [0, 0.1) is 0 Å². The van der Waals surface area contributed by atoms with E-state index in [2.05, 4.69) is 24.4 Å². The first-order valence-electron chi connectivity index (χ1n) is 10.5. The molecule has 3 rings (SSSR count). The van der Waals surface area contributed by atoms with E-state index in [0.29, 0.717) is 18.9 Å². The van der Waals surface area contributed by atoms with E-state index in [4.69, 9.17) is 4.74 Å². The summed E-state index contributed by atoms with van der Waals surface area (Å²) in [4.78, 5) is 11.4.